The van der Waals surface area contributed by atoms with Crippen LogP contribution >= 0.6 is 0 Å². The lowest BCUT2D eigenvalue weighted by molar-refractivity contribution is -0.121. The molecule has 1 saturated heterocycles. The number of piperidine rings is 1. The molecule has 0 spiro atoms. The maximum Gasteiger partial charge on any atom is 0.220 e. The van der Waals surface area contributed by atoms with E-state index in [1.54, 1.807) is 0 Å². The molecule has 1 aliphatic heterocycles. The van der Waals surface area contributed by atoms with Crippen molar-refractivity contribution in [3.63, 3.8) is 0 Å². The van der Waals surface area contributed by atoms with Gasteiger partial charge in [-0.25, -0.2) is 0 Å². The van der Waals surface area contributed by atoms with Crippen LogP contribution in [0.4, 0.5) is 0 Å². The van der Waals surface area contributed by atoms with Crippen molar-refractivity contribution >= 4 is 5.91 Å². The summed E-state index contributed by atoms with van der Waals surface area (Å²) in [4.78, 5) is 11.8. The van der Waals surface area contributed by atoms with Crippen molar-refractivity contribution in [3.05, 3.63) is 0 Å². The molecule has 0 aromatic heterocycles. The van der Waals surface area contributed by atoms with Crippen LogP contribution in [0.2, 0.25) is 0 Å². The first-order valence-electron chi connectivity index (χ1n) is 8.28. The fourth-order valence-corrected chi connectivity index (χ4v) is 2.95. The summed E-state index contributed by atoms with van der Waals surface area (Å²) in [5, 5.41) is 6.65. The Bertz CT molecular complexity index is 243. The highest BCUT2D eigenvalue weighted by molar-refractivity contribution is 5.75. The summed E-state index contributed by atoms with van der Waals surface area (Å²) < 4.78 is 0. The number of hydrogen-bond acceptors (Lipinski definition) is 2. The standard InChI is InChI=1S/C16H32N2O/c1-3-5-6-7-8-11-16(19)18-13-15-14(4-2)10-9-12-17-15/h14-15,17H,3-13H2,1-2H3,(H,18,19). The lowest BCUT2D eigenvalue weighted by Gasteiger charge is -2.32. The van der Waals surface area contributed by atoms with E-state index in [0.29, 0.717) is 12.5 Å². The van der Waals surface area contributed by atoms with Crippen molar-refractivity contribution in [1.29, 1.82) is 0 Å². The second-order valence-corrected chi connectivity index (χ2v) is 5.84. The fraction of sp³-hybridized carbons (Fsp3) is 0.938. The quantitative estimate of drug-likeness (QED) is 0.630. The first-order valence-corrected chi connectivity index (χ1v) is 8.28. The van der Waals surface area contributed by atoms with Crippen molar-refractivity contribution in [2.24, 2.45) is 5.92 Å². The molecule has 0 aromatic carbocycles. The van der Waals surface area contributed by atoms with Gasteiger partial charge in [-0.05, 0) is 31.7 Å². The number of carbonyl (C=O) groups is 1. The Kier molecular flexibility index (Phi) is 8.89. The van der Waals surface area contributed by atoms with E-state index in [1.165, 1.54) is 44.9 Å². The van der Waals surface area contributed by atoms with Gasteiger partial charge in [0.05, 0.1) is 0 Å². The first-order chi connectivity index (χ1) is 9.27. The largest absolute Gasteiger partial charge is 0.355 e. The van der Waals surface area contributed by atoms with Crippen molar-refractivity contribution in [3.8, 4) is 0 Å². The summed E-state index contributed by atoms with van der Waals surface area (Å²) in [5.74, 6) is 0.970. The molecular formula is C16H32N2O. The SMILES string of the molecule is CCCCCCCC(=O)NCC1NCCCC1CC. The van der Waals surface area contributed by atoms with Gasteiger partial charge >= 0.3 is 0 Å². The van der Waals surface area contributed by atoms with Gasteiger partial charge in [-0.15, -0.1) is 0 Å². The topological polar surface area (TPSA) is 41.1 Å². The number of nitrogens with one attached hydrogen (secondary N) is 2. The van der Waals surface area contributed by atoms with E-state index in [1.807, 2.05) is 0 Å². The highest BCUT2D eigenvalue weighted by atomic mass is 16.1. The van der Waals surface area contributed by atoms with Crippen LogP contribution in [-0.4, -0.2) is 25.0 Å². The summed E-state index contributed by atoms with van der Waals surface area (Å²) >= 11 is 0. The third-order valence-corrected chi connectivity index (χ3v) is 4.28. The molecular weight excluding hydrogens is 236 g/mol. The van der Waals surface area contributed by atoms with E-state index in [9.17, 15) is 4.79 Å². The maximum atomic E-state index is 11.8. The predicted molar refractivity (Wildman–Crippen MR) is 81.2 cm³/mol. The van der Waals surface area contributed by atoms with Gasteiger partial charge in [0.1, 0.15) is 0 Å². The molecule has 0 bridgehead atoms. The summed E-state index contributed by atoms with van der Waals surface area (Å²) in [6.07, 6.45) is 10.6. The lowest BCUT2D eigenvalue weighted by atomic mass is 9.88. The Morgan fingerprint density at radius 3 is 2.74 bits per heavy atom. The third kappa shape index (κ3) is 6.95. The van der Waals surface area contributed by atoms with Crippen LogP contribution in [0, 0.1) is 5.92 Å². The van der Waals surface area contributed by atoms with Crippen molar-refractivity contribution in [2.75, 3.05) is 13.1 Å². The smallest absolute Gasteiger partial charge is 0.220 e. The molecule has 1 rings (SSSR count). The van der Waals surface area contributed by atoms with Gasteiger partial charge in [-0.1, -0.05) is 46.0 Å². The summed E-state index contributed by atoms with van der Waals surface area (Å²) in [5.41, 5.74) is 0. The zero-order valence-corrected chi connectivity index (χ0v) is 12.8. The molecule has 2 N–H and O–H groups in total. The first kappa shape index (κ1) is 16.5. The molecule has 0 aromatic rings. The third-order valence-electron chi connectivity index (χ3n) is 4.28. The Hall–Kier alpha value is -0.570. The molecule has 19 heavy (non-hydrogen) atoms. The molecule has 0 aliphatic carbocycles. The second kappa shape index (κ2) is 10.2. The minimum absolute atomic E-state index is 0.235. The second-order valence-electron chi connectivity index (χ2n) is 5.84. The van der Waals surface area contributed by atoms with Gasteiger partial charge in [0, 0.05) is 19.0 Å². The van der Waals surface area contributed by atoms with Gasteiger partial charge in [-0.3, -0.25) is 4.79 Å². The molecule has 3 nitrogen and oxygen atoms in total. The fourth-order valence-electron chi connectivity index (χ4n) is 2.95. The maximum absolute atomic E-state index is 11.8. The van der Waals surface area contributed by atoms with E-state index in [2.05, 4.69) is 24.5 Å². The van der Waals surface area contributed by atoms with E-state index >= 15 is 0 Å². The highest BCUT2D eigenvalue weighted by Crippen LogP contribution is 2.19. The van der Waals surface area contributed by atoms with E-state index in [4.69, 9.17) is 0 Å². The van der Waals surface area contributed by atoms with Gasteiger partial charge in [0.15, 0.2) is 0 Å². The molecule has 0 saturated carbocycles. The Labute approximate surface area is 118 Å². The minimum atomic E-state index is 0.235. The summed E-state index contributed by atoms with van der Waals surface area (Å²) in [7, 11) is 0. The minimum Gasteiger partial charge on any atom is -0.355 e. The molecule has 2 unspecified atom stereocenters. The predicted octanol–water partition coefficient (Wildman–Crippen LogP) is 3.24. The monoisotopic (exact) mass is 268 g/mol. The zero-order valence-electron chi connectivity index (χ0n) is 12.8. The number of hydrogen-bond donors (Lipinski definition) is 2. The molecule has 0 radical (unpaired) electrons. The Morgan fingerprint density at radius 1 is 1.21 bits per heavy atom. The molecule has 1 fully saturated rings. The molecule has 1 aliphatic rings. The van der Waals surface area contributed by atoms with Crippen molar-refractivity contribution < 1.29 is 4.79 Å². The van der Waals surface area contributed by atoms with E-state index in [-0.39, 0.29) is 5.91 Å². The van der Waals surface area contributed by atoms with Crippen LogP contribution in [-0.2, 0) is 4.79 Å². The normalized spacial score (nSPS) is 23.3. The number of amides is 1. The molecule has 1 amide bonds. The Balaban J connectivity index is 2.08. The van der Waals surface area contributed by atoms with Crippen molar-refractivity contribution in [1.82, 2.24) is 10.6 Å². The van der Waals surface area contributed by atoms with Gasteiger partial charge in [0.2, 0.25) is 5.91 Å². The summed E-state index contributed by atoms with van der Waals surface area (Å²) in [6.45, 7) is 6.38. The van der Waals surface area contributed by atoms with Gasteiger partial charge < -0.3 is 10.6 Å². The average Bonchev–Trinajstić information content (AvgIpc) is 2.45. The van der Waals surface area contributed by atoms with Crippen LogP contribution in [0.5, 0.6) is 0 Å². The van der Waals surface area contributed by atoms with E-state index < -0.39 is 0 Å². The van der Waals surface area contributed by atoms with Gasteiger partial charge in [-0.2, -0.15) is 0 Å². The number of rotatable bonds is 9. The summed E-state index contributed by atoms with van der Waals surface area (Å²) in [6, 6.07) is 0.489. The van der Waals surface area contributed by atoms with Crippen LogP contribution in [0.3, 0.4) is 0 Å². The van der Waals surface area contributed by atoms with Crippen LogP contribution in [0.15, 0.2) is 0 Å². The zero-order chi connectivity index (χ0) is 13.9. The van der Waals surface area contributed by atoms with Crippen LogP contribution in [0.25, 0.3) is 0 Å². The van der Waals surface area contributed by atoms with Crippen molar-refractivity contribution in [2.45, 2.75) is 77.7 Å². The van der Waals surface area contributed by atoms with Crippen LogP contribution in [0.1, 0.15) is 71.6 Å². The number of unbranched alkanes of at least 4 members (excludes halogenated alkanes) is 4. The molecule has 2 atom stereocenters. The van der Waals surface area contributed by atoms with Gasteiger partial charge in [0.25, 0.3) is 0 Å². The Morgan fingerprint density at radius 2 is 2.00 bits per heavy atom. The van der Waals surface area contributed by atoms with E-state index in [0.717, 1.165) is 25.4 Å². The number of carbonyl (C=O) groups excluding carboxylic acids is 1. The lowest BCUT2D eigenvalue weighted by Crippen LogP contribution is -2.48. The van der Waals surface area contributed by atoms with Crippen LogP contribution < -0.4 is 10.6 Å². The molecule has 1 heterocycles. The average molecular weight is 268 g/mol. The molecule has 112 valence electrons. The highest BCUT2D eigenvalue weighted by Gasteiger charge is 2.23. The molecule has 3 heteroatoms.